The molecule has 25 heavy (non-hydrogen) atoms. The van der Waals surface area contributed by atoms with Crippen LogP contribution in [0.3, 0.4) is 0 Å². The van der Waals surface area contributed by atoms with Crippen LogP contribution < -0.4 is 15.4 Å². The van der Waals surface area contributed by atoms with Gasteiger partial charge in [0.2, 0.25) is 11.8 Å². The second-order valence-corrected chi connectivity index (χ2v) is 9.12. The summed E-state index contributed by atoms with van der Waals surface area (Å²) in [5, 5.41) is 5.84. The fraction of sp³-hybridized carbons (Fsp3) is 0.500. The summed E-state index contributed by atoms with van der Waals surface area (Å²) in [5.41, 5.74) is -0.762. The van der Waals surface area contributed by atoms with E-state index in [0.717, 1.165) is 0 Å². The maximum absolute atomic E-state index is 12.6. The molecule has 9 heteroatoms. The van der Waals surface area contributed by atoms with Gasteiger partial charge in [0.05, 0.1) is 24.3 Å². The molecule has 0 spiro atoms. The zero-order valence-corrected chi connectivity index (χ0v) is 15.2. The first-order chi connectivity index (χ1) is 11.8. The number of benzene rings is 1. The van der Waals surface area contributed by atoms with Gasteiger partial charge in [0.25, 0.3) is 0 Å². The second-order valence-electron chi connectivity index (χ2n) is 6.45. The van der Waals surface area contributed by atoms with Crippen molar-refractivity contribution >= 4 is 38.9 Å². The third kappa shape index (κ3) is 3.74. The number of sulfone groups is 1. The van der Waals surface area contributed by atoms with Gasteiger partial charge in [-0.3, -0.25) is 9.59 Å². The molecule has 7 nitrogen and oxygen atoms in total. The summed E-state index contributed by atoms with van der Waals surface area (Å²) in [7, 11) is -1.62. The van der Waals surface area contributed by atoms with E-state index in [1.54, 1.807) is 18.2 Å². The Morgan fingerprint density at radius 1 is 1.28 bits per heavy atom. The van der Waals surface area contributed by atoms with Crippen molar-refractivity contribution in [2.45, 2.75) is 25.3 Å². The third-order valence-electron chi connectivity index (χ3n) is 4.60. The number of hydrogen-bond acceptors (Lipinski definition) is 5. The molecule has 2 N–H and O–H groups in total. The quantitative estimate of drug-likeness (QED) is 0.744. The zero-order valence-electron chi connectivity index (χ0n) is 13.7. The van der Waals surface area contributed by atoms with E-state index in [1.807, 2.05) is 0 Å². The van der Waals surface area contributed by atoms with Crippen LogP contribution >= 0.6 is 11.6 Å². The number of rotatable bonds is 5. The van der Waals surface area contributed by atoms with Crippen molar-refractivity contribution in [1.29, 1.82) is 0 Å². The summed E-state index contributed by atoms with van der Waals surface area (Å²) in [5.74, 6) is -0.426. The Kier molecular flexibility index (Phi) is 4.68. The summed E-state index contributed by atoms with van der Waals surface area (Å²) in [6.07, 6.45) is 1.23. The number of ether oxygens (including phenoxy) is 1. The van der Waals surface area contributed by atoms with E-state index in [0.29, 0.717) is 35.7 Å². The average Bonchev–Trinajstić information content (AvgIpc) is 3.28. The lowest BCUT2D eigenvalue weighted by Crippen LogP contribution is -2.45. The molecule has 0 bridgehead atoms. The molecule has 2 aliphatic rings. The Bertz CT molecular complexity index is 820. The lowest BCUT2D eigenvalue weighted by molar-refractivity contribution is -0.134. The largest absolute Gasteiger partial charge is 0.495 e. The molecular weight excluding hydrogens is 368 g/mol. The fourth-order valence-electron chi connectivity index (χ4n) is 2.93. The molecule has 1 heterocycles. The predicted octanol–water partition coefficient (Wildman–Crippen LogP) is 1.37. The first kappa shape index (κ1) is 18.0. The van der Waals surface area contributed by atoms with Gasteiger partial charge in [-0.25, -0.2) is 8.42 Å². The molecule has 1 aromatic carbocycles. The normalized spacial score (nSPS) is 22.9. The molecule has 1 saturated heterocycles. The Labute approximate surface area is 151 Å². The fourth-order valence-corrected chi connectivity index (χ4v) is 4.78. The van der Waals surface area contributed by atoms with Gasteiger partial charge in [0.15, 0.2) is 9.84 Å². The van der Waals surface area contributed by atoms with Crippen molar-refractivity contribution in [3.05, 3.63) is 23.2 Å². The zero-order chi connectivity index (χ0) is 18.2. The molecule has 0 aromatic heterocycles. The van der Waals surface area contributed by atoms with E-state index in [-0.39, 0.29) is 11.5 Å². The van der Waals surface area contributed by atoms with E-state index in [9.17, 15) is 18.0 Å². The molecule has 1 saturated carbocycles. The van der Waals surface area contributed by atoms with Crippen LogP contribution in [-0.2, 0) is 19.4 Å². The number of halogens is 1. The second kappa shape index (κ2) is 6.49. The third-order valence-corrected chi connectivity index (χ3v) is 6.60. The highest BCUT2D eigenvalue weighted by atomic mass is 35.5. The minimum Gasteiger partial charge on any atom is -0.495 e. The Morgan fingerprint density at radius 2 is 2.00 bits per heavy atom. The van der Waals surface area contributed by atoms with Gasteiger partial charge in [-0.2, -0.15) is 0 Å². The number of carbonyl (C=O) groups is 2. The molecular formula is C16H19ClN2O5S. The lowest BCUT2D eigenvalue weighted by Gasteiger charge is -2.19. The maximum atomic E-state index is 12.6. The predicted molar refractivity (Wildman–Crippen MR) is 93.5 cm³/mol. The summed E-state index contributed by atoms with van der Waals surface area (Å²) < 4.78 is 28.2. The molecule has 136 valence electrons. The Hall–Kier alpha value is -1.80. The van der Waals surface area contributed by atoms with Gasteiger partial charge >= 0.3 is 0 Å². The minimum absolute atomic E-state index is 0.0663. The molecule has 1 atom stereocenters. The topological polar surface area (TPSA) is 102 Å². The van der Waals surface area contributed by atoms with Crippen LogP contribution in [0.2, 0.25) is 5.02 Å². The monoisotopic (exact) mass is 386 g/mol. The summed E-state index contributed by atoms with van der Waals surface area (Å²) in [4.78, 5) is 25.2. The van der Waals surface area contributed by atoms with E-state index in [2.05, 4.69) is 10.6 Å². The van der Waals surface area contributed by atoms with E-state index >= 15 is 0 Å². The van der Waals surface area contributed by atoms with Crippen LogP contribution in [0.25, 0.3) is 0 Å². The summed E-state index contributed by atoms with van der Waals surface area (Å²) >= 11 is 5.95. The van der Waals surface area contributed by atoms with E-state index in [1.165, 1.54) is 7.11 Å². The van der Waals surface area contributed by atoms with Gasteiger partial charge in [-0.05, 0) is 37.5 Å². The van der Waals surface area contributed by atoms with Gasteiger partial charge < -0.3 is 15.4 Å². The Balaban J connectivity index is 1.69. The van der Waals surface area contributed by atoms with Crippen molar-refractivity contribution in [3.63, 3.8) is 0 Å². The van der Waals surface area contributed by atoms with Crippen molar-refractivity contribution in [2.75, 3.05) is 23.9 Å². The highest BCUT2D eigenvalue weighted by Crippen LogP contribution is 2.47. The van der Waals surface area contributed by atoms with Gasteiger partial charge in [-0.1, -0.05) is 11.6 Å². The molecule has 1 aliphatic heterocycles. The van der Waals surface area contributed by atoms with Crippen molar-refractivity contribution in [1.82, 2.24) is 5.32 Å². The molecule has 1 unspecified atom stereocenters. The van der Waals surface area contributed by atoms with Gasteiger partial charge in [0, 0.05) is 11.1 Å². The molecule has 2 amide bonds. The maximum Gasteiger partial charge on any atom is 0.240 e. The molecule has 0 radical (unpaired) electrons. The van der Waals surface area contributed by atoms with Crippen molar-refractivity contribution < 1.29 is 22.7 Å². The first-order valence-corrected chi connectivity index (χ1v) is 10.1. The van der Waals surface area contributed by atoms with Crippen LogP contribution in [0, 0.1) is 5.41 Å². The van der Waals surface area contributed by atoms with Gasteiger partial charge in [-0.15, -0.1) is 0 Å². The summed E-state index contributed by atoms with van der Waals surface area (Å²) in [6.45, 7) is 0. The van der Waals surface area contributed by atoms with Crippen molar-refractivity contribution in [2.24, 2.45) is 5.41 Å². The number of carbonyl (C=O) groups excluding carboxylic acids is 2. The number of anilines is 1. The van der Waals surface area contributed by atoms with Crippen LogP contribution in [0.1, 0.15) is 19.3 Å². The molecule has 2 fully saturated rings. The molecule has 1 aromatic rings. The van der Waals surface area contributed by atoms with Crippen LogP contribution in [0.15, 0.2) is 18.2 Å². The lowest BCUT2D eigenvalue weighted by atomic mass is 10.0. The number of hydrogen-bond donors (Lipinski definition) is 2. The number of amides is 2. The highest BCUT2D eigenvalue weighted by Gasteiger charge is 2.57. The minimum atomic E-state index is -3.10. The van der Waals surface area contributed by atoms with E-state index in [4.69, 9.17) is 16.3 Å². The van der Waals surface area contributed by atoms with Gasteiger partial charge in [0.1, 0.15) is 11.2 Å². The smallest absolute Gasteiger partial charge is 0.240 e. The number of methoxy groups -OCH3 is 1. The molecule has 1 aliphatic carbocycles. The van der Waals surface area contributed by atoms with Crippen LogP contribution in [0.5, 0.6) is 5.75 Å². The standard InChI is InChI=1S/C16H19ClN2O5S/c1-24-13-3-2-10(17)8-12(13)19-15(21)16(5-6-16)14(20)18-11-4-7-25(22,23)9-11/h2-3,8,11H,4-7,9H2,1H3,(H,18,20)(H,19,21). The highest BCUT2D eigenvalue weighted by molar-refractivity contribution is 7.91. The first-order valence-electron chi connectivity index (χ1n) is 7.92. The number of nitrogens with one attached hydrogen (secondary N) is 2. The molecule has 3 rings (SSSR count). The van der Waals surface area contributed by atoms with Crippen molar-refractivity contribution in [3.8, 4) is 5.75 Å². The Morgan fingerprint density at radius 3 is 2.56 bits per heavy atom. The SMILES string of the molecule is COc1ccc(Cl)cc1NC(=O)C1(C(=O)NC2CCS(=O)(=O)C2)CC1. The van der Waals surface area contributed by atoms with Crippen LogP contribution in [-0.4, -0.2) is 44.9 Å². The average molecular weight is 387 g/mol. The van der Waals surface area contributed by atoms with Crippen LogP contribution in [0.4, 0.5) is 5.69 Å². The summed E-state index contributed by atoms with van der Waals surface area (Å²) in [6, 6.07) is 4.39. The van der Waals surface area contributed by atoms with E-state index < -0.39 is 33.1 Å².